The number of fused-ring (bicyclic) bond motifs is 1. The molecule has 4 amide bonds. The number of nitrogens with zero attached hydrogens (tertiary/aromatic N) is 1. The Morgan fingerprint density at radius 1 is 1.00 bits per heavy atom. The number of urea groups is 2. The summed E-state index contributed by atoms with van der Waals surface area (Å²) in [6, 6.07) is 10.1. The van der Waals surface area contributed by atoms with Crippen molar-refractivity contribution in [2.75, 3.05) is 39.7 Å². The summed E-state index contributed by atoms with van der Waals surface area (Å²) in [5.41, 5.74) is 2.13. The van der Waals surface area contributed by atoms with Crippen LogP contribution in [0.4, 0.5) is 15.3 Å². The van der Waals surface area contributed by atoms with Crippen molar-refractivity contribution in [1.29, 1.82) is 0 Å². The smallest absolute Gasteiger partial charge is 0.322 e. The lowest BCUT2D eigenvalue weighted by atomic mass is 9.92. The highest BCUT2D eigenvalue weighted by atomic mass is 16.5. The van der Waals surface area contributed by atoms with Gasteiger partial charge in [-0.25, -0.2) is 9.59 Å². The molecule has 9 nitrogen and oxygen atoms in total. The molecule has 0 fully saturated rings. The molecule has 0 saturated carbocycles. The second-order valence-corrected chi connectivity index (χ2v) is 9.08. The van der Waals surface area contributed by atoms with E-state index in [4.69, 9.17) is 14.2 Å². The highest BCUT2D eigenvalue weighted by Crippen LogP contribution is 2.38. The van der Waals surface area contributed by atoms with Gasteiger partial charge in [-0.15, -0.1) is 0 Å². The van der Waals surface area contributed by atoms with Crippen molar-refractivity contribution in [3.63, 3.8) is 0 Å². The van der Waals surface area contributed by atoms with Gasteiger partial charge in [0.15, 0.2) is 11.5 Å². The standard InChI is InChI=1S/C25H34N4O5/c1-25(2,3)28-23(30)26-15-19-17-14-22(34-6)21(33-5)13-16(17)11-12-29(19)24(31)27-18-9-7-8-10-20(18)32-4/h7-10,13-14,19H,11-12,15H2,1-6H3,(H,27,31)(H2,26,28,30)/t19-/m1/s1. The maximum atomic E-state index is 13.4. The van der Waals surface area contributed by atoms with Crippen LogP contribution in [0.3, 0.4) is 0 Å². The van der Waals surface area contributed by atoms with E-state index in [1.165, 1.54) is 0 Å². The number of amides is 4. The van der Waals surface area contributed by atoms with E-state index in [1.807, 2.05) is 45.0 Å². The van der Waals surface area contributed by atoms with E-state index in [1.54, 1.807) is 38.4 Å². The summed E-state index contributed by atoms with van der Waals surface area (Å²) in [7, 11) is 4.72. The molecule has 34 heavy (non-hydrogen) atoms. The van der Waals surface area contributed by atoms with Crippen LogP contribution in [-0.2, 0) is 6.42 Å². The van der Waals surface area contributed by atoms with Crippen LogP contribution in [0.2, 0.25) is 0 Å². The van der Waals surface area contributed by atoms with Gasteiger partial charge in [0.1, 0.15) is 5.75 Å². The monoisotopic (exact) mass is 470 g/mol. The third kappa shape index (κ3) is 5.84. The Bertz CT molecular complexity index is 1030. The Morgan fingerprint density at radius 2 is 1.65 bits per heavy atom. The quantitative estimate of drug-likeness (QED) is 0.594. The minimum absolute atomic E-state index is 0.226. The van der Waals surface area contributed by atoms with Gasteiger partial charge in [0.05, 0.1) is 33.1 Å². The van der Waals surface area contributed by atoms with E-state index in [2.05, 4.69) is 16.0 Å². The number of methoxy groups -OCH3 is 3. The molecule has 1 aliphatic heterocycles. The largest absolute Gasteiger partial charge is 0.495 e. The summed E-state index contributed by atoms with van der Waals surface area (Å²) >= 11 is 0. The number of ether oxygens (including phenoxy) is 3. The zero-order chi connectivity index (χ0) is 24.9. The van der Waals surface area contributed by atoms with Crippen LogP contribution < -0.4 is 30.2 Å². The maximum absolute atomic E-state index is 13.4. The first-order valence-electron chi connectivity index (χ1n) is 11.2. The molecular formula is C25H34N4O5. The highest BCUT2D eigenvalue weighted by Gasteiger charge is 2.33. The molecular weight excluding hydrogens is 436 g/mol. The minimum Gasteiger partial charge on any atom is -0.495 e. The van der Waals surface area contributed by atoms with Crippen molar-refractivity contribution in [1.82, 2.24) is 15.5 Å². The topological polar surface area (TPSA) is 101 Å². The predicted molar refractivity (Wildman–Crippen MR) is 131 cm³/mol. The van der Waals surface area contributed by atoms with Gasteiger partial charge >= 0.3 is 12.1 Å². The van der Waals surface area contributed by atoms with Crippen molar-refractivity contribution in [3.05, 3.63) is 47.5 Å². The number of hydrogen-bond donors (Lipinski definition) is 3. The minimum atomic E-state index is -0.413. The number of benzene rings is 2. The Kier molecular flexibility index (Phi) is 7.75. The fourth-order valence-electron chi connectivity index (χ4n) is 4.00. The molecule has 9 heteroatoms. The molecule has 184 valence electrons. The zero-order valence-electron chi connectivity index (χ0n) is 20.7. The molecule has 1 heterocycles. The number of carbonyl (C=O) groups excluding carboxylic acids is 2. The Labute approximate surface area is 200 Å². The number of carbonyl (C=O) groups is 2. The van der Waals surface area contributed by atoms with Crippen LogP contribution in [0.15, 0.2) is 36.4 Å². The Hall–Kier alpha value is -3.62. The first-order valence-corrected chi connectivity index (χ1v) is 11.2. The van der Waals surface area contributed by atoms with E-state index in [9.17, 15) is 9.59 Å². The van der Waals surface area contributed by atoms with Crippen LogP contribution in [0.25, 0.3) is 0 Å². The van der Waals surface area contributed by atoms with Gasteiger partial charge in [-0.2, -0.15) is 0 Å². The highest BCUT2D eigenvalue weighted by molar-refractivity contribution is 5.91. The third-order valence-corrected chi connectivity index (χ3v) is 5.56. The molecule has 0 spiro atoms. The molecule has 2 aromatic carbocycles. The Morgan fingerprint density at radius 3 is 2.29 bits per heavy atom. The number of nitrogens with one attached hydrogen (secondary N) is 3. The lowest BCUT2D eigenvalue weighted by Gasteiger charge is -2.38. The van der Waals surface area contributed by atoms with Crippen molar-refractivity contribution in [2.45, 2.75) is 38.8 Å². The fourth-order valence-corrected chi connectivity index (χ4v) is 4.00. The zero-order valence-corrected chi connectivity index (χ0v) is 20.7. The molecule has 3 N–H and O–H groups in total. The van der Waals surface area contributed by atoms with Crippen LogP contribution in [0, 0.1) is 0 Å². The summed E-state index contributed by atoms with van der Waals surface area (Å²) in [6.45, 7) is 6.42. The first-order chi connectivity index (χ1) is 16.2. The van der Waals surface area contributed by atoms with Gasteiger partial charge in [0.25, 0.3) is 0 Å². The number of anilines is 1. The van der Waals surface area contributed by atoms with Gasteiger partial charge < -0.3 is 35.1 Å². The van der Waals surface area contributed by atoms with E-state index in [0.29, 0.717) is 35.9 Å². The summed E-state index contributed by atoms with van der Waals surface area (Å²) < 4.78 is 16.3. The summed E-state index contributed by atoms with van der Waals surface area (Å²) in [5, 5.41) is 8.76. The maximum Gasteiger partial charge on any atom is 0.322 e. The van der Waals surface area contributed by atoms with Crippen molar-refractivity contribution >= 4 is 17.7 Å². The molecule has 1 aliphatic rings. The predicted octanol–water partition coefficient (Wildman–Crippen LogP) is 3.94. The van der Waals surface area contributed by atoms with Gasteiger partial charge in [-0.1, -0.05) is 12.1 Å². The molecule has 2 aromatic rings. The molecule has 0 unspecified atom stereocenters. The lowest BCUT2D eigenvalue weighted by molar-refractivity contribution is 0.178. The molecule has 0 saturated heterocycles. The van der Waals surface area contributed by atoms with E-state index >= 15 is 0 Å². The van der Waals surface area contributed by atoms with Gasteiger partial charge in [0, 0.05) is 18.6 Å². The average Bonchev–Trinajstić information content (AvgIpc) is 2.80. The Balaban J connectivity index is 1.91. The van der Waals surface area contributed by atoms with Gasteiger partial charge in [0.2, 0.25) is 0 Å². The number of rotatable bonds is 6. The molecule has 3 rings (SSSR count). The van der Waals surface area contributed by atoms with Crippen LogP contribution >= 0.6 is 0 Å². The molecule has 0 aromatic heterocycles. The second-order valence-electron chi connectivity index (χ2n) is 9.08. The number of hydrogen-bond acceptors (Lipinski definition) is 5. The summed E-state index contributed by atoms with van der Waals surface area (Å²) in [4.78, 5) is 27.6. The summed E-state index contributed by atoms with van der Waals surface area (Å²) in [5.74, 6) is 1.77. The normalized spacial score (nSPS) is 15.1. The van der Waals surface area contributed by atoms with E-state index in [0.717, 1.165) is 11.1 Å². The first kappa shape index (κ1) is 25.0. The van der Waals surface area contributed by atoms with E-state index in [-0.39, 0.29) is 24.1 Å². The van der Waals surface area contributed by atoms with Gasteiger partial charge in [-0.05, 0) is 62.6 Å². The second kappa shape index (κ2) is 10.5. The molecule has 1 atom stereocenters. The van der Waals surface area contributed by atoms with E-state index < -0.39 is 6.04 Å². The fraction of sp³-hybridized carbons (Fsp3) is 0.440. The van der Waals surface area contributed by atoms with Crippen LogP contribution in [0.1, 0.15) is 37.9 Å². The van der Waals surface area contributed by atoms with Crippen molar-refractivity contribution in [2.24, 2.45) is 0 Å². The molecule has 0 radical (unpaired) electrons. The average molecular weight is 471 g/mol. The third-order valence-electron chi connectivity index (χ3n) is 5.56. The van der Waals surface area contributed by atoms with Crippen molar-refractivity contribution in [3.8, 4) is 17.2 Å². The van der Waals surface area contributed by atoms with Crippen molar-refractivity contribution < 1.29 is 23.8 Å². The SMILES string of the molecule is COc1ccccc1NC(=O)N1CCc2cc(OC)c(OC)cc2[C@H]1CNC(=O)NC(C)(C)C. The lowest BCUT2D eigenvalue weighted by Crippen LogP contribution is -2.51. The molecule has 0 bridgehead atoms. The summed E-state index contributed by atoms with van der Waals surface area (Å²) in [6.07, 6.45) is 0.639. The van der Waals surface area contributed by atoms with Gasteiger partial charge in [-0.3, -0.25) is 0 Å². The molecule has 0 aliphatic carbocycles. The number of para-hydroxylation sites is 2. The van der Waals surface area contributed by atoms with Crippen LogP contribution in [0.5, 0.6) is 17.2 Å². The van der Waals surface area contributed by atoms with Crippen LogP contribution in [-0.4, -0.2) is 56.9 Å².